The second kappa shape index (κ2) is 9.23. The highest BCUT2D eigenvalue weighted by Crippen LogP contribution is 2.43. The highest BCUT2D eigenvalue weighted by atomic mass is 32.2. The second-order valence-corrected chi connectivity index (χ2v) is 9.10. The molecular weight excluding hydrogens is 535 g/mol. The highest BCUT2D eigenvalue weighted by Gasteiger charge is 2.38. The lowest BCUT2D eigenvalue weighted by Gasteiger charge is -2.18. The van der Waals surface area contributed by atoms with Gasteiger partial charge in [-0.25, -0.2) is 15.0 Å². The first-order valence-corrected chi connectivity index (χ1v) is 11.4. The Balaban J connectivity index is 2.02. The zero-order valence-corrected chi connectivity index (χ0v) is 19.7. The van der Waals surface area contributed by atoms with Crippen LogP contribution >= 0.6 is 11.8 Å². The zero-order chi connectivity index (χ0) is 27.3. The van der Waals surface area contributed by atoms with Gasteiger partial charge >= 0.3 is 18.5 Å². The Morgan fingerprint density at radius 1 is 0.838 bits per heavy atom. The minimum atomic E-state index is -4.96. The predicted octanol–water partition coefficient (Wildman–Crippen LogP) is 7.87. The molecule has 14 heteroatoms. The van der Waals surface area contributed by atoms with Gasteiger partial charge in [0.2, 0.25) is 0 Å². The molecule has 0 fully saturated rings. The van der Waals surface area contributed by atoms with Crippen molar-refractivity contribution in [1.82, 2.24) is 19.5 Å². The number of aromatic nitrogens is 4. The number of hydrogen-bond acceptors (Lipinski definition) is 4. The second-order valence-electron chi connectivity index (χ2n) is 7.79. The van der Waals surface area contributed by atoms with Crippen LogP contribution in [0.15, 0.2) is 47.5 Å². The van der Waals surface area contributed by atoms with E-state index < -0.39 is 46.6 Å². The van der Waals surface area contributed by atoms with Gasteiger partial charge in [-0.3, -0.25) is 0 Å². The smallest absolute Gasteiger partial charge is 0.325 e. The highest BCUT2D eigenvalue weighted by molar-refractivity contribution is 7.99. The Morgan fingerprint density at radius 2 is 1.54 bits per heavy atom. The number of benzene rings is 1. The molecule has 4 nitrogen and oxygen atoms in total. The third-order valence-electron chi connectivity index (χ3n) is 5.33. The van der Waals surface area contributed by atoms with Gasteiger partial charge in [-0.1, -0.05) is 19.1 Å². The lowest BCUT2D eigenvalue weighted by atomic mass is 10.0. The summed E-state index contributed by atoms with van der Waals surface area (Å²) in [6.45, 7) is 1.66. The quantitative estimate of drug-likeness (QED) is 0.192. The Morgan fingerprint density at radius 3 is 2.14 bits per heavy atom. The van der Waals surface area contributed by atoms with Crippen molar-refractivity contribution in [2.45, 2.75) is 30.3 Å². The van der Waals surface area contributed by atoms with E-state index in [1.165, 1.54) is 11.6 Å². The summed E-state index contributed by atoms with van der Waals surface area (Å²) in [6, 6.07) is 4.78. The van der Waals surface area contributed by atoms with E-state index in [4.69, 9.17) is 0 Å². The third kappa shape index (κ3) is 5.24. The molecule has 0 bridgehead atoms. The number of hydrogen-bond donors (Lipinski definition) is 0. The van der Waals surface area contributed by atoms with Gasteiger partial charge in [0.1, 0.15) is 11.4 Å². The summed E-state index contributed by atoms with van der Waals surface area (Å²) in [5.41, 5.74) is -4.94. The molecule has 0 aliphatic rings. The molecule has 0 spiro atoms. The Labute approximate surface area is 207 Å². The van der Waals surface area contributed by atoms with Crippen LogP contribution in [-0.2, 0) is 25.6 Å². The molecule has 0 unspecified atom stereocenters. The van der Waals surface area contributed by atoms with Crippen LogP contribution in [0.3, 0.4) is 0 Å². The summed E-state index contributed by atoms with van der Waals surface area (Å²) < 4.78 is 123. The van der Waals surface area contributed by atoms with Crippen molar-refractivity contribution in [3.8, 4) is 22.8 Å². The molecule has 4 rings (SSSR count). The first kappa shape index (κ1) is 26.8. The Kier molecular flexibility index (Phi) is 6.67. The first-order valence-electron chi connectivity index (χ1n) is 10.4. The van der Waals surface area contributed by atoms with Crippen molar-refractivity contribution in [1.29, 1.82) is 0 Å². The van der Waals surface area contributed by atoms with Crippen molar-refractivity contribution < 1.29 is 39.5 Å². The molecule has 196 valence electrons. The number of fused-ring (bicyclic) bond motifs is 1. The summed E-state index contributed by atoms with van der Waals surface area (Å²) in [4.78, 5) is 11.7. The number of alkyl halides is 9. The molecule has 0 saturated heterocycles. The summed E-state index contributed by atoms with van der Waals surface area (Å²) in [5, 5.41) is 0. The van der Waals surface area contributed by atoms with E-state index in [1.807, 2.05) is 0 Å². The topological polar surface area (TPSA) is 43.6 Å². The molecule has 3 aromatic heterocycles. The van der Waals surface area contributed by atoms with E-state index in [0.29, 0.717) is 17.9 Å². The average Bonchev–Trinajstić information content (AvgIpc) is 3.13. The van der Waals surface area contributed by atoms with E-state index in [2.05, 4.69) is 15.0 Å². The molecule has 0 atom stereocenters. The summed E-state index contributed by atoms with van der Waals surface area (Å²) in [5.74, 6) is 0.229. The maximum absolute atomic E-state index is 14.0. The average molecular weight is 550 g/mol. The number of thioether (sulfide) groups is 1. The normalized spacial score (nSPS) is 12.9. The molecule has 0 aliphatic carbocycles. The largest absolute Gasteiger partial charge is 0.433 e. The van der Waals surface area contributed by atoms with Crippen LogP contribution < -0.4 is 0 Å². The maximum Gasteiger partial charge on any atom is 0.433 e. The van der Waals surface area contributed by atoms with Crippen molar-refractivity contribution in [2.24, 2.45) is 7.05 Å². The van der Waals surface area contributed by atoms with Gasteiger partial charge in [0.25, 0.3) is 0 Å². The number of nitrogens with zero attached hydrogens (tertiary/aromatic N) is 4. The zero-order valence-electron chi connectivity index (χ0n) is 18.8. The van der Waals surface area contributed by atoms with Gasteiger partial charge in [-0.2, -0.15) is 39.5 Å². The molecular formula is C23H15F9N4S. The van der Waals surface area contributed by atoms with Gasteiger partial charge in [0.05, 0.1) is 34.1 Å². The fraction of sp³-hybridized carbons (Fsp3) is 0.261. The van der Waals surface area contributed by atoms with Gasteiger partial charge in [0.15, 0.2) is 5.82 Å². The molecule has 0 saturated carbocycles. The molecule has 0 N–H and O–H groups in total. The molecule has 37 heavy (non-hydrogen) atoms. The summed E-state index contributed by atoms with van der Waals surface area (Å²) >= 11 is 0.973. The van der Waals surface area contributed by atoms with Crippen molar-refractivity contribution in [3.63, 3.8) is 0 Å². The third-order valence-corrected chi connectivity index (χ3v) is 6.24. The number of rotatable bonds is 4. The Bertz CT molecular complexity index is 1470. The maximum atomic E-state index is 14.0. The van der Waals surface area contributed by atoms with Crippen LogP contribution in [0, 0.1) is 0 Å². The molecule has 0 aliphatic heterocycles. The van der Waals surface area contributed by atoms with E-state index >= 15 is 0 Å². The minimum Gasteiger partial charge on any atom is -0.325 e. The van der Waals surface area contributed by atoms with Crippen LogP contribution in [0.25, 0.3) is 33.8 Å². The Hall–Kier alpha value is -3.29. The summed E-state index contributed by atoms with van der Waals surface area (Å²) in [7, 11) is 1.42. The minimum absolute atomic E-state index is 0.00737. The lowest BCUT2D eigenvalue weighted by molar-refractivity contribution is -0.141. The lowest BCUT2D eigenvalue weighted by Crippen LogP contribution is -2.11. The van der Waals surface area contributed by atoms with E-state index in [9.17, 15) is 39.5 Å². The molecule has 3 heterocycles. The fourth-order valence-corrected chi connectivity index (χ4v) is 4.44. The van der Waals surface area contributed by atoms with Crippen molar-refractivity contribution in [3.05, 3.63) is 59.4 Å². The number of aryl methyl sites for hydroxylation is 1. The molecule has 4 aromatic rings. The van der Waals surface area contributed by atoms with Crippen LogP contribution in [0.5, 0.6) is 0 Å². The van der Waals surface area contributed by atoms with Crippen LogP contribution in [0.2, 0.25) is 0 Å². The molecule has 0 amide bonds. The van der Waals surface area contributed by atoms with Crippen molar-refractivity contribution in [2.75, 3.05) is 5.75 Å². The standard InChI is InChI=1S/C23H15F9N4S/c1-3-37-16-8-13(22(27,28)29)18(11-5-4-6-12(7-11)21(24,25)26)35-19(16)20-34-14-9-17(23(30,31)32)33-10-15(14)36(20)2/h4-10H,3H2,1-2H3. The molecule has 0 radical (unpaired) electrons. The van der Waals surface area contributed by atoms with Crippen LogP contribution in [-0.4, -0.2) is 25.3 Å². The van der Waals surface area contributed by atoms with Gasteiger partial charge in [-0.15, -0.1) is 11.8 Å². The molecule has 1 aromatic carbocycles. The first-order chi connectivity index (χ1) is 17.1. The fourth-order valence-electron chi connectivity index (χ4n) is 3.66. The predicted molar refractivity (Wildman–Crippen MR) is 119 cm³/mol. The van der Waals surface area contributed by atoms with Gasteiger partial charge in [-0.05, 0) is 30.0 Å². The summed E-state index contributed by atoms with van der Waals surface area (Å²) in [6.07, 6.45) is -13.6. The monoisotopic (exact) mass is 550 g/mol. The number of imidazole rings is 1. The number of halogens is 9. The van der Waals surface area contributed by atoms with E-state index in [0.717, 1.165) is 42.2 Å². The van der Waals surface area contributed by atoms with Gasteiger partial charge in [0, 0.05) is 17.5 Å². The number of pyridine rings is 2. The van der Waals surface area contributed by atoms with E-state index in [-0.39, 0.29) is 27.4 Å². The van der Waals surface area contributed by atoms with Gasteiger partial charge < -0.3 is 4.57 Å². The van der Waals surface area contributed by atoms with E-state index in [1.54, 1.807) is 6.92 Å². The van der Waals surface area contributed by atoms with Crippen LogP contribution in [0.4, 0.5) is 39.5 Å². The SMILES string of the molecule is CCSc1cc(C(F)(F)F)c(-c2cccc(C(F)(F)F)c2)nc1-c1nc2cc(C(F)(F)F)ncc2n1C. The van der Waals surface area contributed by atoms with Crippen LogP contribution in [0.1, 0.15) is 23.7 Å². The van der Waals surface area contributed by atoms with Crippen molar-refractivity contribution >= 4 is 22.8 Å².